The Hall–Kier alpha value is -0.370. The van der Waals surface area contributed by atoms with Crippen molar-refractivity contribution in [2.45, 2.75) is 59.9 Å². The van der Waals surface area contributed by atoms with Crippen LogP contribution in [0, 0.1) is 11.3 Å². The Morgan fingerprint density at radius 1 is 1.27 bits per heavy atom. The van der Waals surface area contributed by atoms with Crippen LogP contribution in [-0.2, 0) is 4.79 Å². The lowest BCUT2D eigenvalue weighted by Gasteiger charge is -2.36. The lowest BCUT2D eigenvalue weighted by atomic mass is 9.74. The van der Waals surface area contributed by atoms with Crippen molar-refractivity contribution in [2.75, 3.05) is 7.05 Å². The van der Waals surface area contributed by atoms with Crippen LogP contribution in [0.5, 0.6) is 0 Å². The zero-order valence-corrected chi connectivity index (χ0v) is 11.2. The van der Waals surface area contributed by atoms with Gasteiger partial charge in [0.2, 0.25) is 0 Å². The first-order valence-corrected chi connectivity index (χ1v) is 6.06. The van der Waals surface area contributed by atoms with Crippen molar-refractivity contribution in [1.82, 2.24) is 5.32 Å². The van der Waals surface area contributed by atoms with E-state index in [4.69, 9.17) is 0 Å². The fraction of sp³-hybridized carbons (Fsp3) is 0.923. The molecule has 0 radical (unpaired) electrons. The largest absolute Gasteiger partial charge is 0.316 e. The molecule has 0 aliphatic heterocycles. The third-order valence-electron chi connectivity index (χ3n) is 3.54. The second-order valence-corrected chi connectivity index (χ2v) is 5.16. The summed E-state index contributed by atoms with van der Waals surface area (Å²) < 4.78 is 0. The molecule has 2 heteroatoms. The van der Waals surface area contributed by atoms with Crippen molar-refractivity contribution in [2.24, 2.45) is 11.3 Å². The van der Waals surface area contributed by atoms with Crippen molar-refractivity contribution in [1.29, 1.82) is 0 Å². The molecule has 2 atom stereocenters. The summed E-state index contributed by atoms with van der Waals surface area (Å²) >= 11 is 0. The van der Waals surface area contributed by atoms with Crippen LogP contribution in [-0.4, -0.2) is 18.9 Å². The second kappa shape index (κ2) is 6.26. The maximum Gasteiger partial charge on any atom is 0.132 e. The Bertz CT molecular complexity index is 195. The minimum Gasteiger partial charge on any atom is -0.316 e. The molecule has 0 saturated carbocycles. The van der Waals surface area contributed by atoms with E-state index >= 15 is 0 Å². The fourth-order valence-electron chi connectivity index (χ4n) is 2.50. The second-order valence-electron chi connectivity index (χ2n) is 5.16. The summed E-state index contributed by atoms with van der Waals surface area (Å²) in [5, 5.41) is 3.35. The average molecular weight is 213 g/mol. The van der Waals surface area contributed by atoms with Gasteiger partial charge in [-0.2, -0.15) is 0 Å². The van der Waals surface area contributed by atoms with Crippen LogP contribution in [0.4, 0.5) is 0 Å². The number of nitrogens with one attached hydrogen (secondary N) is 1. The van der Waals surface area contributed by atoms with Gasteiger partial charge < -0.3 is 5.32 Å². The highest BCUT2D eigenvalue weighted by Gasteiger charge is 2.30. The van der Waals surface area contributed by atoms with Crippen LogP contribution in [0.2, 0.25) is 0 Å². The van der Waals surface area contributed by atoms with E-state index in [2.05, 4.69) is 33.0 Å². The normalized spacial score (nSPS) is 16.1. The first-order chi connectivity index (χ1) is 6.88. The van der Waals surface area contributed by atoms with Gasteiger partial charge >= 0.3 is 0 Å². The van der Waals surface area contributed by atoms with Crippen LogP contribution in [0.25, 0.3) is 0 Å². The molecule has 2 nitrogen and oxygen atoms in total. The predicted molar refractivity (Wildman–Crippen MR) is 66.0 cm³/mol. The summed E-state index contributed by atoms with van der Waals surface area (Å²) in [4.78, 5) is 11.4. The van der Waals surface area contributed by atoms with Gasteiger partial charge in [0, 0.05) is 12.0 Å². The summed E-state index contributed by atoms with van der Waals surface area (Å²) in [6, 6.07) is 0.492. The fourth-order valence-corrected chi connectivity index (χ4v) is 2.50. The number of Topliss-reactive ketones (excluding diaryl/α,β-unsaturated/α-hetero) is 1. The molecule has 1 N–H and O–H groups in total. The Balaban J connectivity index is 4.51. The van der Waals surface area contributed by atoms with Crippen LogP contribution in [0.1, 0.15) is 53.9 Å². The molecule has 0 spiro atoms. The summed E-state index contributed by atoms with van der Waals surface area (Å²) in [7, 11) is 2.00. The van der Waals surface area contributed by atoms with Gasteiger partial charge in [-0.1, -0.05) is 27.7 Å². The number of ketones is 1. The molecular weight excluding hydrogens is 186 g/mol. The van der Waals surface area contributed by atoms with Crippen molar-refractivity contribution in [3.8, 4) is 0 Å². The first kappa shape index (κ1) is 14.6. The molecule has 0 heterocycles. The molecule has 0 aromatic rings. The van der Waals surface area contributed by atoms with Crippen LogP contribution in [0.15, 0.2) is 0 Å². The number of carbonyl (C=O) groups is 1. The average Bonchev–Trinajstić information content (AvgIpc) is 2.15. The van der Waals surface area contributed by atoms with E-state index in [0.29, 0.717) is 11.8 Å². The Morgan fingerprint density at radius 2 is 1.80 bits per heavy atom. The van der Waals surface area contributed by atoms with E-state index in [1.165, 1.54) is 0 Å². The molecule has 90 valence electrons. The molecule has 0 aliphatic rings. The standard InChI is InChI=1S/C13H27NO/c1-7-11(10(3)15)9-13(4,5)12(8-2)14-6/h11-12,14H,7-9H2,1-6H3. The Labute approximate surface area is 94.8 Å². The predicted octanol–water partition coefficient (Wildman–Crippen LogP) is 3.02. The molecule has 0 aliphatic carbocycles. The first-order valence-electron chi connectivity index (χ1n) is 6.06. The molecule has 2 unspecified atom stereocenters. The number of hydrogen-bond donors (Lipinski definition) is 1. The third kappa shape index (κ3) is 4.33. The van der Waals surface area contributed by atoms with Gasteiger partial charge in [0.05, 0.1) is 0 Å². The minimum absolute atomic E-state index is 0.190. The van der Waals surface area contributed by atoms with Gasteiger partial charge in [0.25, 0.3) is 0 Å². The van der Waals surface area contributed by atoms with Gasteiger partial charge in [-0.15, -0.1) is 0 Å². The molecule has 15 heavy (non-hydrogen) atoms. The molecule has 0 bridgehead atoms. The molecule has 0 fully saturated rings. The lowest BCUT2D eigenvalue weighted by Crippen LogP contribution is -2.41. The van der Waals surface area contributed by atoms with Gasteiger partial charge in [0.1, 0.15) is 5.78 Å². The third-order valence-corrected chi connectivity index (χ3v) is 3.54. The number of hydrogen-bond acceptors (Lipinski definition) is 2. The topological polar surface area (TPSA) is 29.1 Å². The zero-order chi connectivity index (χ0) is 12.1. The van der Waals surface area contributed by atoms with Crippen molar-refractivity contribution in [3.05, 3.63) is 0 Å². The molecule has 0 saturated heterocycles. The number of carbonyl (C=O) groups excluding carboxylic acids is 1. The Morgan fingerprint density at radius 3 is 2.07 bits per heavy atom. The quantitative estimate of drug-likeness (QED) is 0.704. The molecular formula is C13H27NO. The summed E-state index contributed by atoms with van der Waals surface area (Å²) in [5.41, 5.74) is 0.190. The van der Waals surface area contributed by atoms with E-state index in [1.54, 1.807) is 6.92 Å². The van der Waals surface area contributed by atoms with E-state index in [0.717, 1.165) is 19.3 Å². The zero-order valence-electron chi connectivity index (χ0n) is 11.2. The highest BCUT2D eigenvalue weighted by Crippen LogP contribution is 2.32. The van der Waals surface area contributed by atoms with Gasteiger partial charge in [0.15, 0.2) is 0 Å². The SMILES string of the molecule is CCC(CC(C)(C)C(CC)NC)C(C)=O. The van der Waals surface area contributed by atoms with E-state index in [9.17, 15) is 4.79 Å². The lowest BCUT2D eigenvalue weighted by molar-refractivity contribution is -0.121. The Kier molecular flexibility index (Phi) is 6.11. The van der Waals surface area contributed by atoms with Gasteiger partial charge in [-0.25, -0.2) is 0 Å². The van der Waals surface area contributed by atoms with Gasteiger partial charge in [-0.3, -0.25) is 4.79 Å². The highest BCUT2D eigenvalue weighted by atomic mass is 16.1. The van der Waals surface area contributed by atoms with Crippen LogP contribution >= 0.6 is 0 Å². The molecule has 0 aromatic heterocycles. The monoisotopic (exact) mass is 213 g/mol. The van der Waals surface area contributed by atoms with Gasteiger partial charge in [-0.05, 0) is 38.6 Å². The molecule has 0 amide bonds. The molecule has 0 rings (SSSR count). The van der Waals surface area contributed by atoms with E-state index < -0.39 is 0 Å². The highest BCUT2D eigenvalue weighted by molar-refractivity contribution is 5.78. The summed E-state index contributed by atoms with van der Waals surface area (Å²) in [5.74, 6) is 0.555. The van der Waals surface area contributed by atoms with E-state index in [-0.39, 0.29) is 11.3 Å². The summed E-state index contributed by atoms with van der Waals surface area (Å²) in [6.07, 6.45) is 3.05. The van der Waals surface area contributed by atoms with Crippen LogP contribution in [0.3, 0.4) is 0 Å². The van der Waals surface area contributed by atoms with Crippen molar-refractivity contribution in [3.63, 3.8) is 0 Å². The van der Waals surface area contributed by atoms with Crippen molar-refractivity contribution < 1.29 is 4.79 Å². The minimum atomic E-state index is 0.190. The number of rotatable bonds is 7. The summed E-state index contributed by atoms with van der Waals surface area (Å²) in [6.45, 7) is 10.5. The maximum atomic E-state index is 11.4. The van der Waals surface area contributed by atoms with E-state index in [1.807, 2.05) is 7.05 Å². The maximum absolute atomic E-state index is 11.4. The van der Waals surface area contributed by atoms with Crippen LogP contribution < -0.4 is 5.32 Å². The molecule has 0 aromatic carbocycles. The smallest absolute Gasteiger partial charge is 0.132 e. The van der Waals surface area contributed by atoms with Crippen molar-refractivity contribution >= 4 is 5.78 Å².